The molecule has 0 unspecified atom stereocenters. The Labute approximate surface area is 151 Å². The summed E-state index contributed by atoms with van der Waals surface area (Å²) in [4.78, 5) is 3.14. The number of nitrogens with zero attached hydrogens (tertiary/aromatic N) is 1. The molecule has 3 aromatic rings. The van der Waals surface area contributed by atoms with Gasteiger partial charge in [-0.05, 0) is 55.8 Å². The van der Waals surface area contributed by atoms with Crippen molar-refractivity contribution in [1.29, 1.82) is 0 Å². The van der Waals surface area contributed by atoms with E-state index in [4.69, 9.17) is 23.1 Å². The molecule has 0 saturated carbocycles. The molecule has 4 N–H and O–H groups in total. The molecular weight excluding hydrogens is 358 g/mol. The Kier molecular flexibility index (Phi) is 4.23. The minimum absolute atomic E-state index is 0.142. The summed E-state index contributed by atoms with van der Waals surface area (Å²) in [6.07, 6.45) is 0. The van der Waals surface area contributed by atoms with E-state index < -0.39 is 14.7 Å². The van der Waals surface area contributed by atoms with Crippen LogP contribution in [0.4, 0.5) is 5.82 Å². The molecule has 0 aliphatic rings. The lowest BCUT2D eigenvalue weighted by molar-refractivity contribution is 0.552. The van der Waals surface area contributed by atoms with Crippen LogP contribution in [-0.4, -0.2) is 18.3 Å². The monoisotopic (exact) mass is 375 g/mol. The summed E-state index contributed by atoms with van der Waals surface area (Å²) in [5.41, 5.74) is 13.9. The van der Waals surface area contributed by atoms with Crippen molar-refractivity contribution in [3.63, 3.8) is 0 Å². The second-order valence-corrected chi connectivity index (χ2v) is 9.36. The summed E-state index contributed by atoms with van der Waals surface area (Å²) in [6, 6.07) is 13.7. The van der Waals surface area contributed by atoms with Crippen molar-refractivity contribution in [1.82, 2.24) is 4.98 Å². The fourth-order valence-corrected chi connectivity index (χ4v) is 3.86. The number of rotatable bonds is 3. The van der Waals surface area contributed by atoms with Gasteiger partial charge in [-0.3, -0.25) is 0 Å². The van der Waals surface area contributed by atoms with Gasteiger partial charge in [0, 0.05) is 16.0 Å². The molecule has 3 rings (SSSR count). The largest absolute Gasteiger partial charge is 0.383 e. The number of hydrogen-bond acceptors (Lipinski definition) is 5. The van der Waals surface area contributed by atoms with Gasteiger partial charge in [0.05, 0.1) is 10.4 Å². The van der Waals surface area contributed by atoms with Crippen molar-refractivity contribution in [2.24, 2.45) is 5.73 Å². The highest BCUT2D eigenvalue weighted by Crippen LogP contribution is 2.32. The number of fused-ring (bicyclic) bond motifs is 1. The lowest BCUT2D eigenvalue weighted by Gasteiger charge is -2.19. The molecule has 0 aliphatic carbocycles. The predicted octanol–water partition coefficient (Wildman–Crippen LogP) is 3.61. The molecule has 0 atom stereocenters. The number of hydrogen-bond donors (Lipinski definition) is 2. The summed E-state index contributed by atoms with van der Waals surface area (Å²) >= 11 is 6.04. The lowest BCUT2D eigenvalue weighted by atomic mass is 10.0. The highest BCUT2D eigenvalue weighted by atomic mass is 35.5. The first-order valence-corrected chi connectivity index (χ1v) is 9.45. The van der Waals surface area contributed by atoms with E-state index in [1.54, 1.807) is 36.4 Å². The van der Waals surface area contributed by atoms with Gasteiger partial charge in [0.2, 0.25) is 0 Å². The van der Waals surface area contributed by atoms with Gasteiger partial charge in [-0.25, -0.2) is 13.4 Å². The maximum Gasteiger partial charge on any atom is 0.196 e. The number of nitrogens with two attached hydrogens (primary N) is 2. The summed E-state index contributed by atoms with van der Waals surface area (Å²) in [5, 5.41) is 1.41. The van der Waals surface area contributed by atoms with E-state index in [9.17, 15) is 8.42 Å². The van der Waals surface area contributed by atoms with Gasteiger partial charge in [0.1, 0.15) is 10.7 Å². The minimum atomic E-state index is -3.67. The first-order chi connectivity index (χ1) is 11.6. The average Bonchev–Trinajstić information content (AvgIpc) is 2.53. The van der Waals surface area contributed by atoms with E-state index in [0.717, 1.165) is 10.9 Å². The van der Waals surface area contributed by atoms with Gasteiger partial charge >= 0.3 is 0 Å². The zero-order chi connectivity index (χ0) is 18.4. The van der Waals surface area contributed by atoms with Gasteiger partial charge < -0.3 is 11.5 Å². The van der Waals surface area contributed by atoms with Crippen LogP contribution in [-0.2, 0) is 9.84 Å². The number of aromatic nitrogens is 1. The minimum Gasteiger partial charge on any atom is -0.383 e. The van der Waals surface area contributed by atoms with Crippen LogP contribution >= 0.6 is 11.6 Å². The van der Waals surface area contributed by atoms with E-state index >= 15 is 0 Å². The lowest BCUT2D eigenvalue weighted by Crippen LogP contribution is -2.41. The Morgan fingerprint density at radius 3 is 2.48 bits per heavy atom. The quantitative estimate of drug-likeness (QED) is 0.728. The molecule has 1 aromatic heterocycles. The van der Waals surface area contributed by atoms with Gasteiger partial charge in [-0.15, -0.1) is 0 Å². The molecule has 0 aliphatic heterocycles. The first kappa shape index (κ1) is 17.7. The number of anilines is 1. The molecule has 0 fully saturated rings. The SMILES string of the molecule is CC(C)(N)S(=O)(=O)c1cccc(-c2cc3cc(Cl)ccc3nc2N)c1. The van der Waals surface area contributed by atoms with E-state index in [0.29, 0.717) is 22.0 Å². The summed E-state index contributed by atoms with van der Waals surface area (Å²) in [5.74, 6) is 0.316. The molecule has 0 spiro atoms. The van der Waals surface area contributed by atoms with Crippen molar-refractivity contribution in [3.05, 3.63) is 53.6 Å². The highest BCUT2D eigenvalue weighted by Gasteiger charge is 2.31. The third-order valence-corrected chi connectivity index (χ3v) is 6.45. The Balaban J connectivity index is 2.19. The predicted molar refractivity (Wildman–Crippen MR) is 102 cm³/mol. The second-order valence-electron chi connectivity index (χ2n) is 6.39. The third kappa shape index (κ3) is 3.20. The van der Waals surface area contributed by atoms with Crippen LogP contribution in [0.2, 0.25) is 5.02 Å². The van der Waals surface area contributed by atoms with E-state index in [1.165, 1.54) is 19.9 Å². The van der Waals surface area contributed by atoms with Crippen molar-refractivity contribution in [3.8, 4) is 11.1 Å². The number of sulfone groups is 1. The van der Waals surface area contributed by atoms with Crippen molar-refractivity contribution in [2.45, 2.75) is 23.6 Å². The van der Waals surface area contributed by atoms with Crippen LogP contribution in [0.3, 0.4) is 0 Å². The molecule has 0 radical (unpaired) electrons. The molecule has 25 heavy (non-hydrogen) atoms. The van der Waals surface area contributed by atoms with Crippen LogP contribution < -0.4 is 11.5 Å². The molecular formula is C18H18ClN3O2S. The Bertz CT molecular complexity index is 1070. The molecule has 130 valence electrons. The van der Waals surface area contributed by atoms with Gasteiger partial charge in [-0.1, -0.05) is 23.7 Å². The smallest absolute Gasteiger partial charge is 0.196 e. The van der Waals surface area contributed by atoms with Gasteiger partial charge in [0.15, 0.2) is 9.84 Å². The fraction of sp³-hybridized carbons (Fsp3) is 0.167. The number of pyridine rings is 1. The van der Waals surface area contributed by atoms with Gasteiger partial charge in [0.25, 0.3) is 0 Å². The standard InChI is InChI=1S/C18H18ClN3O2S/c1-18(2,21)25(23,24)14-5-3-4-11(9-14)15-10-12-8-13(19)6-7-16(12)22-17(15)20/h3-10H,21H2,1-2H3,(H2,20,22). The van der Waals surface area contributed by atoms with Crippen molar-refractivity contribution < 1.29 is 8.42 Å². The Morgan fingerprint density at radius 2 is 1.80 bits per heavy atom. The van der Waals surface area contributed by atoms with E-state index in [2.05, 4.69) is 4.98 Å². The van der Waals surface area contributed by atoms with Crippen LogP contribution in [0, 0.1) is 0 Å². The average molecular weight is 376 g/mol. The molecule has 0 saturated heterocycles. The molecule has 0 amide bonds. The maximum absolute atomic E-state index is 12.6. The van der Waals surface area contributed by atoms with E-state index in [-0.39, 0.29) is 4.90 Å². The third-order valence-electron chi connectivity index (χ3n) is 3.95. The summed E-state index contributed by atoms with van der Waals surface area (Å²) in [7, 11) is -3.67. The van der Waals surface area contributed by atoms with Crippen molar-refractivity contribution in [2.75, 3.05) is 5.73 Å². The molecule has 1 heterocycles. The molecule has 2 aromatic carbocycles. The zero-order valence-electron chi connectivity index (χ0n) is 13.8. The van der Waals surface area contributed by atoms with Crippen molar-refractivity contribution >= 4 is 38.2 Å². The summed E-state index contributed by atoms with van der Waals surface area (Å²) in [6.45, 7) is 2.92. The Hall–Kier alpha value is -2.15. The number of benzene rings is 2. The molecule has 7 heteroatoms. The summed E-state index contributed by atoms with van der Waals surface area (Å²) < 4.78 is 25.2. The number of nitrogen functional groups attached to an aromatic ring is 1. The fourth-order valence-electron chi connectivity index (χ4n) is 2.53. The van der Waals surface area contributed by atoms with Gasteiger partial charge in [-0.2, -0.15) is 0 Å². The van der Waals surface area contributed by atoms with E-state index in [1.807, 2.05) is 6.07 Å². The zero-order valence-corrected chi connectivity index (χ0v) is 15.4. The number of halogens is 1. The first-order valence-electron chi connectivity index (χ1n) is 7.59. The van der Waals surface area contributed by atoms with Crippen LogP contribution in [0.15, 0.2) is 53.4 Å². The highest BCUT2D eigenvalue weighted by molar-refractivity contribution is 7.92. The Morgan fingerprint density at radius 1 is 1.08 bits per heavy atom. The normalized spacial score (nSPS) is 12.5. The second kappa shape index (κ2) is 5.98. The maximum atomic E-state index is 12.6. The van der Waals surface area contributed by atoms with Crippen LogP contribution in [0.5, 0.6) is 0 Å². The molecule has 5 nitrogen and oxygen atoms in total. The van der Waals surface area contributed by atoms with Crippen LogP contribution in [0.1, 0.15) is 13.8 Å². The topological polar surface area (TPSA) is 99.1 Å². The molecule has 0 bridgehead atoms. The van der Waals surface area contributed by atoms with Crippen LogP contribution in [0.25, 0.3) is 22.0 Å².